The summed E-state index contributed by atoms with van der Waals surface area (Å²) in [4.78, 5) is 19.5. The number of pyridine rings is 1. The van der Waals surface area contributed by atoms with Gasteiger partial charge in [0.05, 0.1) is 29.0 Å². The Bertz CT molecular complexity index is 1140. The highest BCUT2D eigenvalue weighted by molar-refractivity contribution is 7.89. The van der Waals surface area contributed by atoms with Crippen molar-refractivity contribution >= 4 is 27.3 Å². The first-order valence-corrected chi connectivity index (χ1v) is 11.7. The molecule has 1 aromatic carbocycles. The highest BCUT2D eigenvalue weighted by atomic mass is 32.2. The molecule has 0 radical (unpaired) electrons. The van der Waals surface area contributed by atoms with E-state index >= 15 is 0 Å². The van der Waals surface area contributed by atoms with Gasteiger partial charge < -0.3 is 20.3 Å². The Morgan fingerprint density at radius 2 is 2.00 bits per heavy atom. The highest BCUT2D eigenvalue weighted by Gasteiger charge is 2.40. The second-order valence-corrected chi connectivity index (χ2v) is 9.45. The topological polar surface area (TPSA) is 104 Å². The van der Waals surface area contributed by atoms with Crippen LogP contribution in [0.2, 0.25) is 0 Å². The number of rotatable bonds is 4. The maximum absolute atomic E-state index is 12.9. The summed E-state index contributed by atoms with van der Waals surface area (Å²) in [6.45, 7) is 3.63. The molecule has 31 heavy (non-hydrogen) atoms. The summed E-state index contributed by atoms with van der Waals surface area (Å²) >= 11 is 0. The van der Waals surface area contributed by atoms with E-state index < -0.39 is 16.1 Å². The molecule has 1 saturated heterocycles. The minimum Gasteiger partial charge on any atom is -0.465 e. The van der Waals surface area contributed by atoms with Crippen LogP contribution >= 0.6 is 0 Å². The fourth-order valence-electron chi connectivity index (χ4n) is 4.09. The molecule has 1 unspecified atom stereocenters. The van der Waals surface area contributed by atoms with Gasteiger partial charge in [0.25, 0.3) is 15.9 Å². The van der Waals surface area contributed by atoms with Crippen LogP contribution in [-0.4, -0.2) is 55.9 Å². The van der Waals surface area contributed by atoms with E-state index in [9.17, 15) is 13.2 Å². The van der Waals surface area contributed by atoms with Crippen LogP contribution in [0.1, 0.15) is 12.0 Å². The van der Waals surface area contributed by atoms with Gasteiger partial charge >= 0.3 is 0 Å². The molecule has 3 aliphatic heterocycles. The summed E-state index contributed by atoms with van der Waals surface area (Å²) in [6, 6.07) is 8.76. The van der Waals surface area contributed by atoms with E-state index in [1.54, 1.807) is 36.7 Å². The molecule has 1 atom stereocenters. The van der Waals surface area contributed by atoms with Crippen LogP contribution in [0.3, 0.4) is 0 Å². The molecule has 1 fully saturated rings. The minimum absolute atomic E-state index is 0.199. The third-order valence-electron chi connectivity index (χ3n) is 5.68. The number of hydrogen-bond acceptors (Lipinski definition) is 7. The molecular formula is C21H23N5O4S. The number of hydrogen-bond donors (Lipinski definition) is 2. The molecule has 1 amide bonds. The number of fused-ring (bicyclic) bond motifs is 1. The number of carbonyl (C=O) groups excluding carboxylic acids is 1. The van der Waals surface area contributed by atoms with Crippen molar-refractivity contribution in [3.63, 3.8) is 0 Å². The number of piperazine rings is 1. The number of anilines is 2. The van der Waals surface area contributed by atoms with Gasteiger partial charge in [0.1, 0.15) is 0 Å². The van der Waals surface area contributed by atoms with E-state index in [2.05, 4.69) is 20.5 Å². The van der Waals surface area contributed by atoms with Crippen molar-refractivity contribution < 1.29 is 17.9 Å². The SMILES string of the molecule is O=C(Nc1cnccc1N1CCNCC1)C1CC=C(N2Cc3ccccc3S2(=O)=O)O1. The van der Waals surface area contributed by atoms with Crippen molar-refractivity contribution in [2.24, 2.45) is 0 Å². The molecule has 2 aromatic rings. The van der Waals surface area contributed by atoms with Gasteiger partial charge in [-0.25, -0.2) is 12.7 Å². The first-order chi connectivity index (χ1) is 15.0. The smallest absolute Gasteiger partial charge is 0.267 e. The van der Waals surface area contributed by atoms with Crippen molar-refractivity contribution in [2.45, 2.75) is 24.0 Å². The van der Waals surface area contributed by atoms with Crippen molar-refractivity contribution in [2.75, 3.05) is 36.4 Å². The van der Waals surface area contributed by atoms with Crippen LogP contribution in [0.4, 0.5) is 11.4 Å². The lowest BCUT2D eigenvalue weighted by Gasteiger charge is -2.31. The van der Waals surface area contributed by atoms with Gasteiger partial charge in [-0.05, 0) is 23.8 Å². The van der Waals surface area contributed by atoms with Crippen LogP contribution in [-0.2, 0) is 26.1 Å². The lowest BCUT2D eigenvalue weighted by atomic mass is 10.2. The van der Waals surface area contributed by atoms with Gasteiger partial charge in [0.2, 0.25) is 5.88 Å². The van der Waals surface area contributed by atoms with E-state index in [1.165, 1.54) is 4.31 Å². The van der Waals surface area contributed by atoms with Crippen molar-refractivity contribution in [3.05, 3.63) is 60.2 Å². The molecule has 0 bridgehead atoms. The molecule has 4 heterocycles. The molecule has 0 saturated carbocycles. The lowest BCUT2D eigenvalue weighted by Crippen LogP contribution is -2.44. The quantitative estimate of drug-likeness (QED) is 0.736. The van der Waals surface area contributed by atoms with Gasteiger partial charge in [-0.15, -0.1) is 0 Å². The van der Waals surface area contributed by atoms with Gasteiger partial charge in [0.15, 0.2) is 6.10 Å². The van der Waals surface area contributed by atoms with Crippen molar-refractivity contribution in [1.29, 1.82) is 0 Å². The summed E-state index contributed by atoms with van der Waals surface area (Å²) in [5, 5.41) is 6.22. The van der Waals surface area contributed by atoms with E-state index in [1.807, 2.05) is 12.1 Å². The third kappa shape index (κ3) is 3.61. The molecule has 0 aliphatic carbocycles. The summed E-state index contributed by atoms with van der Waals surface area (Å²) in [5.74, 6) is -0.130. The maximum Gasteiger partial charge on any atom is 0.267 e. The molecule has 3 aliphatic rings. The molecule has 0 spiro atoms. The largest absolute Gasteiger partial charge is 0.465 e. The number of nitrogens with zero attached hydrogens (tertiary/aromatic N) is 3. The second-order valence-electron chi connectivity index (χ2n) is 7.62. The molecule has 162 valence electrons. The number of benzene rings is 1. The number of nitrogens with one attached hydrogen (secondary N) is 2. The predicted octanol–water partition coefficient (Wildman–Crippen LogP) is 1.26. The van der Waals surface area contributed by atoms with E-state index in [0.717, 1.165) is 37.4 Å². The average Bonchev–Trinajstić information content (AvgIpc) is 3.38. The minimum atomic E-state index is -3.67. The van der Waals surface area contributed by atoms with E-state index in [4.69, 9.17) is 4.74 Å². The van der Waals surface area contributed by atoms with Crippen LogP contribution in [0, 0.1) is 0 Å². The summed E-state index contributed by atoms with van der Waals surface area (Å²) in [5.41, 5.74) is 2.25. The Hall–Kier alpha value is -3.11. The number of ether oxygens (including phenoxy) is 1. The molecule has 1 aromatic heterocycles. The van der Waals surface area contributed by atoms with Gasteiger partial charge in [-0.1, -0.05) is 18.2 Å². The Morgan fingerprint density at radius 1 is 1.19 bits per heavy atom. The average molecular weight is 442 g/mol. The van der Waals surface area contributed by atoms with Crippen LogP contribution in [0.15, 0.2) is 59.6 Å². The fourth-order valence-corrected chi connectivity index (χ4v) is 5.71. The second kappa shape index (κ2) is 7.86. The maximum atomic E-state index is 12.9. The van der Waals surface area contributed by atoms with Crippen LogP contribution < -0.4 is 15.5 Å². The molecule has 5 rings (SSSR count). The zero-order valence-electron chi connectivity index (χ0n) is 16.8. The molecule has 2 N–H and O–H groups in total. The Labute approximate surface area is 180 Å². The number of amides is 1. The van der Waals surface area contributed by atoms with Gasteiger partial charge in [0, 0.05) is 38.8 Å². The first kappa shape index (κ1) is 19.8. The number of sulfonamides is 1. The monoisotopic (exact) mass is 441 g/mol. The van der Waals surface area contributed by atoms with Crippen molar-refractivity contribution in [1.82, 2.24) is 14.6 Å². The standard InChI is InChI=1S/C21H23N5O4S/c27-21(24-16-13-23-8-7-17(16)25-11-9-22-10-12-25)18-5-6-20(30-18)26-14-15-3-1-2-4-19(15)31(26,28)29/h1-4,6-8,13,18,22H,5,9-12,14H2,(H,24,27). The van der Waals surface area contributed by atoms with Gasteiger partial charge in [-0.2, -0.15) is 0 Å². The van der Waals surface area contributed by atoms with Crippen LogP contribution in [0.25, 0.3) is 0 Å². The molecule has 9 nitrogen and oxygen atoms in total. The third-order valence-corrected chi connectivity index (χ3v) is 7.52. The Morgan fingerprint density at radius 3 is 2.81 bits per heavy atom. The van der Waals surface area contributed by atoms with E-state index in [-0.39, 0.29) is 23.2 Å². The lowest BCUT2D eigenvalue weighted by molar-refractivity contribution is -0.124. The predicted molar refractivity (Wildman–Crippen MR) is 115 cm³/mol. The van der Waals surface area contributed by atoms with Crippen LogP contribution in [0.5, 0.6) is 0 Å². The number of carbonyl (C=O) groups is 1. The summed E-state index contributed by atoms with van der Waals surface area (Å²) in [7, 11) is -3.67. The summed E-state index contributed by atoms with van der Waals surface area (Å²) in [6.07, 6.45) is 4.49. The Balaban J connectivity index is 1.28. The normalized spacial score (nSPS) is 21.9. The first-order valence-electron chi connectivity index (χ1n) is 10.2. The Kier molecular flexibility index (Phi) is 5.03. The summed E-state index contributed by atoms with van der Waals surface area (Å²) < 4.78 is 32.7. The van der Waals surface area contributed by atoms with Crippen molar-refractivity contribution in [3.8, 4) is 0 Å². The zero-order valence-corrected chi connectivity index (χ0v) is 17.6. The van der Waals surface area contributed by atoms with Gasteiger partial charge in [-0.3, -0.25) is 9.78 Å². The molecule has 10 heteroatoms. The van der Waals surface area contributed by atoms with E-state index in [0.29, 0.717) is 12.1 Å². The molecular weight excluding hydrogens is 418 g/mol. The fraction of sp³-hybridized carbons (Fsp3) is 0.333. The highest BCUT2D eigenvalue weighted by Crippen LogP contribution is 2.36. The number of aromatic nitrogens is 1. The zero-order chi connectivity index (χ0) is 21.4.